The Morgan fingerprint density at radius 3 is 2.32 bits per heavy atom. The second-order valence-electron chi connectivity index (χ2n) is 5.66. The van der Waals surface area contributed by atoms with Crippen LogP contribution in [0.25, 0.3) is 6.08 Å². The van der Waals surface area contributed by atoms with Gasteiger partial charge < -0.3 is 10.0 Å². The number of benzene rings is 2. The van der Waals surface area contributed by atoms with Gasteiger partial charge in [0.05, 0.1) is 5.56 Å². The molecule has 0 amide bonds. The molecule has 0 aliphatic carbocycles. The van der Waals surface area contributed by atoms with Crippen LogP contribution in [0.5, 0.6) is 5.75 Å². The normalized spacial score (nSPS) is 10.9. The molecule has 2 aromatic rings. The summed E-state index contributed by atoms with van der Waals surface area (Å²) in [5.74, 6) is -0.135. The van der Waals surface area contributed by atoms with Crippen molar-refractivity contribution >= 4 is 17.5 Å². The first-order chi connectivity index (χ1) is 10.4. The molecule has 3 nitrogen and oxygen atoms in total. The maximum atomic E-state index is 12.3. The minimum absolute atomic E-state index is 0.0585. The Morgan fingerprint density at radius 2 is 1.73 bits per heavy atom. The highest BCUT2D eigenvalue weighted by Crippen LogP contribution is 2.24. The van der Waals surface area contributed by atoms with Gasteiger partial charge in [-0.3, -0.25) is 4.79 Å². The minimum atomic E-state index is -0.194. The molecule has 0 heterocycles. The molecule has 0 aromatic heterocycles. The van der Waals surface area contributed by atoms with E-state index in [0.29, 0.717) is 11.1 Å². The van der Waals surface area contributed by atoms with Gasteiger partial charge in [-0.25, -0.2) is 0 Å². The first kappa shape index (κ1) is 15.8. The third-order valence-electron chi connectivity index (χ3n) is 3.55. The van der Waals surface area contributed by atoms with Crippen molar-refractivity contribution in [2.75, 3.05) is 19.0 Å². The highest BCUT2D eigenvalue weighted by Gasteiger charge is 2.11. The predicted molar refractivity (Wildman–Crippen MR) is 91.7 cm³/mol. The van der Waals surface area contributed by atoms with Crippen molar-refractivity contribution < 1.29 is 9.90 Å². The first-order valence-electron chi connectivity index (χ1n) is 7.18. The Balaban J connectivity index is 2.21. The fraction of sp³-hybridized carbons (Fsp3) is 0.211. The first-order valence-corrected chi connectivity index (χ1v) is 7.18. The van der Waals surface area contributed by atoms with Crippen LogP contribution in [-0.4, -0.2) is 25.0 Å². The molecule has 2 aromatic carbocycles. The Kier molecular flexibility index (Phi) is 4.66. The summed E-state index contributed by atoms with van der Waals surface area (Å²) in [4.78, 5) is 14.3. The highest BCUT2D eigenvalue weighted by atomic mass is 16.3. The number of hydrogen-bond acceptors (Lipinski definition) is 3. The van der Waals surface area contributed by atoms with Crippen molar-refractivity contribution in [2.24, 2.45) is 0 Å². The number of carbonyl (C=O) groups excluding carboxylic acids is 1. The van der Waals surface area contributed by atoms with Gasteiger partial charge in [0, 0.05) is 19.8 Å². The molecule has 0 spiro atoms. The summed E-state index contributed by atoms with van der Waals surface area (Å²) in [6, 6.07) is 11.5. The van der Waals surface area contributed by atoms with Crippen molar-refractivity contribution in [2.45, 2.75) is 13.8 Å². The maximum Gasteiger partial charge on any atom is 0.189 e. The molecule has 0 saturated heterocycles. The molecule has 0 saturated carbocycles. The van der Waals surface area contributed by atoms with Gasteiger partial charge in [-0.2, -0.15) is 0 Å². The van der Waals surface area contributed by atoms with Gasteiger partial charge >= 0.3 is 0 Å². The van der Waals surface area contributed by atoms with Crippen molar-refractivity contribution in [3.05, 3.63) is 64.7 Å². The van der Waals surface area contributed by atoms with E-state index in [1.807, 2.05) is 56.3 Å². The smallest absolute Gasteiger partial charge is 0.189 e. The number of aromatic hydroxyl groups is 1. The second-order valence-corrected chi connectivity index (χ2v) is 5.66. The molecule has 0 aliphatic heterocycles. The SMILES string of the molecule is Cc1cc(C)c(O)c(C(=O)/C=C/c2ccc(N(C)C)cc2)c1. The Bertz CT molecular complexity index is 713. The number of rotatable bonds is 4. The van der Waals surface area contributed by atoms with E-state index in [0.717, 1.165) is 16.8 Å². The van der Waals surface area contributed by atoms with Gasteiger partial charge in [-0.1, -0.05) is 24.3 Å². The lowest BCUT2D eigenvalue weighted by atomic mass is 10.0. The zero-order chi connectivity index (χ0) is 16.3. The summed E-state index contributed by atoms with van der Waals surface area (Å²) in [5.41, 5.74) is 4.08. The Hall–Kier alpha value is -2.55. The zero-order valence-corrected chi connectivity index (χ0v) is 13.4. The van der Waals surface area contributed by atoms with Gasteiger partial charge in [0.1, 0.15) is 5.75 Å². The third kappa shape index (κ3) is 3.55. The number of hydrogen-bond donors (Lipinski definition) is 1. The molecule has 0 radical (unpaired) electrons. The van der Waals surface area contributed by atoms with Crippen molar-refractivity contribution in [1.82, 2.24) is 0 Å². The number of aryl methyl sites for hydroxylation is 2. The lowest BCUT2D eigenvalue weighted by molar-refractivity contribution is 0.104. The average Bonchev–Trinajstić information content (AvgIpc) is 2.48. The minimum Gasteiger partial charge on any atom is -0.507 e. The van der Waals surface area contributed by atoms with E-state index < -0.39 is 0 Å². The van der Waals surface area contributed by atoms with Crippen LogP contribution >= 0.6 is 0 Å². The second kappa shape index (κ2) is 6.48. The number of ketones is 1. The van der Waals surface area contributed by atoms with Crippen LogP contribution in [0.1, 0.15) is 27.0 Å². The quantitative estimate of drug-likeness (QED) is 0.685. The van der Waals surface area contributed by atoms with Crippen LogP contribution in [0.15, 0.2) is 42.5 Å². The van der Waals surface area contributed by atoms with Gasteiger partial charge in [0.15, 0.2) is 5.78 Å². The van der Waals surface area contributed by atoms with Gasteiger partial charge in [-0.05, 0) is 54.8 Å². The molecule has 114 valence electrons. The summed E-state index contributed by atoms with van der Waals surface area (Å²) in [7, 11) is 3.97. The monoisotopic (exact) mass is 295 g/mol. The molecule has 0 atom stereocenters. The zero-order valence-electron chi connectivity index (χ0n) is 13.4. The van der Waals surface area contributed by atoms with Crippen LogP contribution in [-0.2, 0) is 0 Å². The van der Waals surface area contributed by atoms with Crippen LogP contribution in [0.3, 0.4) is 0 Å². The summed E-state index contributed by atoms with van der Waals surface area (Å²) in [6.07, 6.45) is 3.26. The topological polar surface area (TPSA) is 40.5 Å². The fourth-order valence-electron chi connectivity index (χ4n) is 2.29. The molecule has 1 N–H and O–H groups in total. The van der Waals surface area contributed by atoms with E-state index in [1.54, 1.807) is 19.1 Å². The molecule has 3 heteroatoms. The predicted octanol–water partition coefficient (Wildman–Crippen LogP) is 3.97. The van der Waals surface area contributed by atoms with E-state index in [2.05, 4.69) is 0 Å². The molecule has 0 fully saturated rings. The summed E-state index contributed by atoms with van der Waals surface area (Å²) >= 11 is 0. The van der Waals surface area contributed by atoms with Crippen LogP contribution in [0.4, 0.5) is 5.69 Å². The molecule has 22 heavy (non-hydrogen) atoms. The summed E-state index contributed by atoms with van der Waals surface area (Å²) < 4.78 is 0. The third-order valence-corrected chi connectivity index (χ3v) is 3.55. The van der Waals surface area contributed by atoms with Crippen molar-refractivity contribution in [1.29, 1.82) is 0 Å². The molecular weight excluding hydrogens is 274 g/mol. The van der Waals surface area contributed by atoms with E-state index in [4.69, 9.17) is 0 Å². The number of nitrogens with zero attached hydrogens (tertiary/aromatic N) is 1. The maximum absolute atomic E-state index is 12.3. The molecule has 0 bridgehead atoms. The molecule has 0 unspecified atom stereocenters. The van der Waals surface area contributed by atoms with Gasteiger partial charge in [0.25, 0.3) is 0 Å². The van der Waals surface area contributed by atoms with E-state index in [-0.39, 0.29) is 11.5 Å². The average molecular weight is 295 g/mol. The molecule has 0 aliphatic rings. The number of phenols is 1. The Morgan fingerprint density at radius 1 is 1.09 bits per heavy atom. The van der Waals surface area contributed by atoms with E-state index in [1.165, 1.54) is 6.08 Å². The number of allylic oxidation sites excluding steroid dienone is 1. The van der Waals surface area contributed by atoms with Crippen molar-refractivity contribution in [3.8, 4) is 5.75 Å². The van der Waals surface area contributed by atoms with Crippen molar-refractivity contribution in [3.63, 3.8) is 0 Å². The molecular formula is C19H21NO2. The summed E-state index contributed by atoms with van der Waals surface area (Å²) in [6.45, 7) is 3.70. The van der Waals surface area contributed by atoms with Gasteiger partial charge in [-0.15, -0.1) is 0 Å². The fourth-order valence-corrected chi connectivity index (χ4v) is 2.29. The Labute approximate surface area is 131 Å². The molecule has 2 rings (SSSR count). The lowest BCUT2D eigenvalue weighted by Gasteiger charge is -2.11. The van der Waals surface area contributed by atoms with E-state index >= 15 is 0 Å². The number of carbonyl (C=O) groups is 1. The largest absolute Gasteiger partial charge is 0.507 e. The number of phenolic OH excluding ortho intramolecular Hbond substituents is 1. The van der Waals surface area contributed by atoms with Crippen LogP contribution in [0, 0.1) is 13.8 Å². The van der Waals surface area contributed by atoms with Crippen LogP contribution in [0.2, 0.25) is 0 Å². The lowest BCUT2D eigenvalue weighted by Crippen LogP contribution is -2.07. The standard InChI is InChI=1S/C19H21NO2/c1-13-11-14(2)19(22)17(12-13)18(21)10-7-15-5-8-16(9-6-15)20(3)4/h5-12,22H,1-4H3/b10-7+. The van der Waals surface area contributed by atoms with Gasteiger partial charge in [0.2, 0.25) is 0 Å². The van der Waals surface area contributed by atoms with Crippen LogP contribution < -0.4 is 4.90 Å². The highest BCUT2D eigenvalue weighted by molar-refractivity contribution is 6.08. The van der Waals surface area contributed by atoms with E-state index in [9.17, 15) is 9.90 Å². The summed E-state index contributed by atoms with van der Waals surface area (Å²) in [5, 5.41) is 10.0. The number of anilines is 1.